The second kappa shape index (κ2) is 7.13. The van der Waals surface area contributed by atoms with Gasteiger partial charge in [0.1, 0.15) is 0 Å². The maximum absolute atomic E-state index is 12.5. The molecule has 2 heterocycles. The van der Waals surface area contributed by atoms with Crippen LogP contribution in [0.2, 0.25) is 5.02 Å². The van der Waals surface area contributed by atoms with E-state index in [2.05, 4.69) is 10.4 Å². The molecule has 0 radical (unpaired) electrons. The standard InChI is InChI=1S/C15H17ClN4O.ClH/c1-11-8-17-5-6-19(11)15(21)12-9-18-20(10-12)14-4-2-3-13(16)7-14;/h2-4,7,9-11,17H,5-6,8H2,1H3;1H/t11-;/m0./s1. The molecule has 22 heavy (non-hydrogen) atoms. The lowest BCUT2D eigenvalue weighted by molar-refractivity contribution is 0.0656. The van der Waals surface area contributed by atoms with E-state index in [0.717, 1.165) is 25.3 Å². The largest absolute Gasteiger partial charge is 0.333 e. The molecule has 1 aromatic carbocycles. The van der Waals surface area contributed by atoms with Gasteiger partial charge in [0.15, 0.2) is 0 Å². The second-order valence-corrected chi connectivity index (χ2v) is 5.64. The van der Waals surface area contributed by atoms with Gasteiger partial charge in [-0.15, -0.1) is 12.4 Å². The molecule has 1 saturated heterocycles. The predicted octanol–water partition coefficient (Wildman–Crippen LogP) is 2.38. The average Bonchev–Trinajstić information content (AvgIpc) is 2.97. The Kier molecular flexibility index (Phi) is 5.45. The van der Waals surface area contributed by atoms with E-state index in [1.165, 1.54) is 0 Å². The summed E-state index contributed by atoms with van der Waals surface area (Å²) in [6.07, 6.45) is 3.36. The summed E-state index contributed by atoms with van der Waals surface area (Å²) in [6.45, 7) is 4.43. The third-order valence-corrected chi connectivity index (χ3v) is 3.90. The molecule has 118 valence electrons. The highest BCUT2D eigenvalue weighted by molar-refractivity contribution is 6.30. The summed E-state index contributed by atoms with van der Waals surface area (Å²) in [5.41, 5.74) is 1.44. The molecule has 0 aliphatic carbocycles. The molecule has 0 spiro atoms. The minimum absolute atomic E-state index is 0. The summed E-state index contributed by atoms with van der Waals surface area (Å²) in [5.74, 6) is 0.0253. The first-order valence-electron chi connectivity index (χ1n) is 6.97. The zero-order valence-corrected chi connectivity index (χ0v) is 13.8. The first-order valence-corrected chi connectivity index (χ1v) is 7.35. The molecule has 1 aliphatic rings. The Bertz CT molecular complexity index is 658. The van der Waals surface area contributed by atoms with E-state index >= 15 is 0 Å². The molecule has 7 heteroatoms. The normalized spacial score (nSPS) is 17.9. The molecule has 5 nitrogen and oxygen atoms in total. The van der Waals surface area contributed by atoms with Crippen LogP contribution in [-0.2, 0) is 0 Å². The van der Waals surface area contributed by atoms with Gasteiger partial charge in [0, 0.05) is 36.9 Å². The number of hydrogen-bond acceptors (Lipinski definition) is 3. The Morgan fingerprint density at radius 1 is 1.45 bits per heavy atom. The van der Waals surface area contributed by atoms with Gasteiger partial charge in [-0.1, -0.05) is 17.7 Å². The predicted molar refractivity (Wildman–Crippen MR) is 89.2 cm³/mol. The minimum Gasteiger partial charge on any atom is -0.333 e. The molecule has 1 N–H and O–H groups in total. The lowest BCUT2D eigenvalue weighted by atomic mass is 10.2. The third-order valence-electron chi connectivity index (χ3n) is 3.66. The number of nitrogens with zero attached hydrogens (tertiary/aromatic N) is 3. The summed E-state index contributed by atoms with van der Waals surface area (Å²) in [4.78, 5) is 14.4. The van der Waals surface area contributed by atoms with Gasteiger partial charge in [-0.05, 0) is 25.1 Å². The van der Waals surface area contributed by atoms with Gasteiger partial charge in [0.2, 0.25) is 0 Å². The highest BCUT2D eigenvalue weighted by Gasteiger charge is 2.24. The van der Waals surface area contributed by atoms with Crippen molar-refractivity contribution in [2.24, 2.45) is 0 Å². The van der Waals surface area contributed by atoms with E-state index < -0.39 is 0 Å². The maximum Gasteiger partial charge on any atom is 0.257 e. The average molecular weight is 341 g/mol. The number of rotatable bonds is 2. The summed E-state index contributed by atoms with van der Waals surface area (Å²) in [6, 6.07) is 7.58. The summed E-state index contributed by atoms with van der Waals surface area (Å²) < 4.78 is 1.67. The van der Waals surface area contributed by atoms with Crippen molar-refractivity contribution in [1.29, 1.82) is 0 Å². The molecule has 1 fully saturated rings. The Balaban J connectivity index is 0.00000176. The SMILES string of the molecule is C[C@H]1CNCCN1C(=O)c1cnn(-c2cccc(Cl)c2)c1.Cl. The van der Waals surface area contributed by atoms with Gasteiger partial charge in [0.25, 0.3) is 5.91 Å². The quantitative estimate of drug-likeness (QED) is 0.913. The van der Waals surface area contributed by atoms with Crippen LogP contribution in [0.1, 0.15) is 17.3 Å². The van der Waals surface area contributed by atoms with E-state index in [0.29, 0.717) is 10.6 Å². The molecule has 3 rings (SSSR count). The van der Waals surface area contributed by atoms with Gasteiger partial charge >= 0.3 is 0 Å². The van der Waals surface area contributed by atoms with Crippen molar-refractivity contribution >= 4 is 29.9 Å². The van der Waals surface area contributed by atoms with Crippen LogP contribution in [0.4, 0.5) is 0 Å². The van der Waals surface area contributed by atoms with Crippen molar-refractivity contribution in [3.05, 3.63) is 47.2 Å². The molecule has 0 bridgehead atoms. The van der Waals surface area contributed by atoms with Crippen LogP contribution in [0, 0.1) is 0 Å². The van der Waals surface area contributed by atoms with E-state index in [9.17, 15) is 4.79 Å². The van der Waals surface area contributed by atoms with Crippen LogP contribution >= 0.6 is 24.0 Å². The molecule has 1 aromatic heterocycles. The van der Waals surface area contributed by atoms with Crippen molar-refractivity contribution in [2.45, 2.75) is 13.0 Å². The lowest BCUT2D eigenvalue weighted by Gasteiger charge is -2.33. The Morgan fingerprint density at radius 3 is 3.00 bits per heavy atom. The molecular weight excluding hydrogens is 323 g/mol. The van der Waals surface area contributed by atoms with Crippen LogP contribution in [0.15, 0.2) is 36.7 Å². The number of piperazine rings is 1. The fourth-order valence-electron chi connectivity index (χ4n) is 2.50. The fourth-order valence-corrected chi connectivity index (χ4v) is 2.69. The summed E-state index contributed by atoms with van der Waals surface area (Å²) in [7, 11) is 0. The fraction of sp³-hybridized carbons (Fsp3) is 0.333. The van der Waals surface area contributed by atoms with E-state index in [1.54, 1.807) is 17.1 Å². The smallest absolute Gasteiger partial charge is 0.257 e. The highest BCUT2D eigenvalue weighted by Crippen LogP contribution is 2.16. The summed E-state index contributed by atoms with van der Waals surface area (Å²) >= 11 is 5.98. The van der Waals surface area contributed by atoms with Crippen LogP contribution in [-0.4, -0.2) is 46.3 Å². The van der Waals surface area contributed by atoms with Crippen molar-refractivity contribution in [3.8, 4) is 5.69 Å². The second-order valence-electron chi connectivity index (χ2n) is 5.21. The zero-order chi connectivity index (χ0) is 14.8. The van der Waals surface area contributed by atoms with Crippen LogP contribution in [0.3, 0.4) is 0 Å². The first kappa shape index (κ1) is 16.8. The third kappa shape index (κ3) is 3.43. The number of aromatic nitrogens is 2. The monoisotopic (exact) mass is 340 g/mol. The van der Waals surface area contributed by atoms with E-state index in [-0.39, 0.29) is 24.4 Å². The molecule has 0 saturated carbocycles. The van der Waals surface area contributed by atoms with Crippen molar-refractivity contribution in [2.75, 3.05) is 19.6 Å². The topological polar surface area (TPSA) is 50.2 Å². The Morgan fingerprint density at radius 2 is 2.27 bits per heavy atom. The van der Waals surface area contributed by atoms with E-state index in [4.69, 9.17) is 11.6 Å². The number of carbonyl (C=O) groups is 1. The number of halogens is 2. The number of amides is 1. The number of carbonyl (C=O) groups excluding carboxylic acids is 1. The van der Waals surface area contributed by atoms with Crippen molar-refractivity contribution in [1.82, 2.24) is 20.0 Å². The van der Waals surface area contributed by atoms with Gasteiger partial charge < -0.3 is 10.2 Å². The molecule has 0 unspecified atom stereocenters. The van der Waals surface area contributed by atoms with Crippen molar-refractivity contribution < 1.29 is 4.79 Å². The molecule has 2 aromatic rings. The number of nitrogens with one attached hydrogen (secondary N) is 1. The van der Waals surface area contributed by atoms with Crippen LogP contribution in [0.25, 0.3) is 5.69 Å². The van der Waals surface area contributed by atoms with E-state index in [1.807, 2.05) is 36.1 Å². The highest BCUT2D eigenvalue weighted by atomic mass is 35.5. The van der Waals surface area contributed by atoms with Gasteiger partial charge in [-0.2, -0.15) is 5.10 Å². The lowest BCUT2D eigenvalue weighted by Crippen LogP contribution is -2.52. The molecule has 1 aliphatic heterocycles. The first-order chi connectivity index (χ1) is 10.1. The van der Waals surface area contributed by atoms with Crippen LogP contribution < -0.4 is 5.32 Å². The minimum atomic E-state index is 0. The maximum atomic E-state index is 12.5. The van der Waals surface area contributed by atoms with Gasteiger partial charge in [-0.3, -0.25) is 4.79 Å². The van der Waals surface area contributed by atoms with Crippen LogP contribution in [0.5, 0.6) is 0 Å². The summed E-state index contributed by atoms with van der Waals surface area (Å²) in [5, 5.41) is 8.19. The molecule has 1 amide bonds. The van der Waals surface area contributed by atoms with Crippen molar-refractivity contribution in [3.63, 3.8) is 0 Å². The number of hydrogen-bond donors (Lipinski definition) is 1. The molecule has 1 atom stereocenters. The van der Waals surface area contributed by atoms with Gasteiger partial charge in [0.05, 0.1) is 17.4 Å². The Hall–Kier alpha value is -1.56. The zero-order valence-electron chi connectivity index (χ0n) is 12.2. The Labute approximate surface area is 140 Å². The number of benzene rings is 1. The molecular formula is C15H18Cl2N4O. The van der Waals surface area contributed by atoms with Gasteiger partial charge in [-0.25, -0.2) is 4.68 Å².